The first kappa shape index (κ1) is 18.5. The number of sulfonamides is 1. The Morgan fingerprint density at radius 1 is 1.08 bits per heavy atom. The molecule has 134 valence electrons. The van der Waals surface area contributed by atoms with Crippen molar-refractivity contribution in [1.82, 2.24) is 9.62 Å². The summed E-state index contributed by atoms with van der Waals surface area (Å²) in [5.74, 6) is 0. The number of nitrogens with one attached hydrogen (secondary N) is 1. The Kier molecular flexibility index (Phi) is 6.24. The van der Waals surface area contributed by atoms with E-state index >= 15 is 0 Å². The Morgan fingerprint density at radius 2 is 1.80 bits per heavy atom. The summed E-state index contributed by atoms with van der Waals surface area (Å²) in [6, 6.07) is 16.1. The van der Waals surface area contributed by atoms with Crippen molar-refractivity contribution in [2.75, 3.05) is 32.8 Å². The van der Waals surface area contributed by atoms with Gasteiger partial charge in [-0.1, -0.05) is 52.3 Å². The number of ether oxygens (including phenoxy) is 1. The number of nitrogens with zero attached hydrogens (tertiary/aromatic N) is 1. The van der Waals surface area contributed by atoms with Crippen LogP contribution in [0.2, 0.25) is 0 Å². The van der Waals surface area contributed by atoms with Crippen LogP contribution in [0.5, 0.6) is 0 Å². The van der Waals surface area contributed by atoms with Gasteiger partial charge in [0.1, 0.15) is 0 Å². The van der Waals surface area contributed by atoms with Crippen LogP contribution in [0.3, 0.4) is 0 Å². The van der Waals surface area contributed by atoms with Gasteiger partial charge < -0.3 is 4.74 Å². The van der Waals surface area contributed by atoms with Gasteiger partial charge in [0, 0.05) is 24.1 Å². The fraction of sp³-hybridized carbons (Fsp3) is 0.333. The van der Waals surface area contributed by atoms with E-state index < -0.39 is 10.0 Å². The third-order valence-corrected chi connectivity index (χ3v) is 6.11. The molecule has 0 radical (unpaired) electrons. The predicted molar refractivity (Wildman–Crippen MR) is 101 cm³/mol. The van der Waals surface area contributed by atoms with Crippen LogP contribution in [0.4, 0.5) is 0 Å². The summed E-state index contributed by atoms with van der Waals surface area (Å²) in [6.45, 7) is 3.59. The molecule has 0 aromatic heterocycles. The molecule has 1 unspecified atom stereocenters. The zero-order valence-electron chi connectivity index (χ0n) is 13.8. The van der Waals surface area contributed by atoms with Crippen LogP contribution in [0.1, 0.15) is 11.6 Å². The van der Waals surface area contributed by atoms with Crippen molar-refractivity contribution in [3.63, 3.8) is 0 Å². The van der Waals surface area contributed by atoms with Crippen molar-refractivity contribution in [2.24, 2.45) is 0 Å². The Morgan fingerprint density at radius 3 is 2.48 bits per heavy atom. The number of rotatable bonds is 6. The molecular formula is C18H21BrN2O3S. The molecule has 1 saturated heterocycles. The molecule has 0 bridgehead atoms. The van der Waals surface area contributed by atoms with Crippen molar-refractivity contribution in [1.29, 1.82) is 0 Å². The lowest BCUT2D eigenvalue weighted by Gasteiger charge is -2.31. The highest BCUT2D eigenvalue weighted by Gasteiger charge is 2.24. The molecule has 3 rings (SSSR count). The lowest BCUT2D eigenvalue weighted by Crippen LogP contribution is -2.43. The standard InChI is InChI=1S/C18H21BrN2O3S/c19-16-7-4-8-17(13-16)25(22,23)20-18(15-5-2-1-3-6-15)14-21-9-11-24-12-10-21/h1-8,13,18,20H,9-12,14H2. The topological polar surface area (TPSA) is 58.6 Å². The highest BCUT2D eigenvalue weighted by molar-refractivity contribution is 9.10. The first-order chi connectivity index (χ1) is 12.0. The SMILES string of the molecule is O=S(=O)(NC(CN1CCOCC1)c1ccccc1)c1cccc(Br)c1. The van der Waals surface area contributed by atoms with Gasteiger partial charge in [-0.3, -0.25) is 4.90 Å². The summed E-state index contributed by atoms with van der Waals surface area (Å²) < 4.78 is 34.7. The Bertz CT molecular complexity index is 793. The fourth-order valence-corrected chi connectivity index (χ4v) is 4.64. The summed E-state index contributed by atoms with van der Waals surface area (Å²) in [5, 5.41) is 0. The maximum atomic E-state index is 12.8. The zero-order chi connectivity index (χ0) is 17.7. The summed E-state index contributed by atoms with van der Waals surface area (Å²) in [7, 11) is -3.62. The van der Waals surface area contributed by atoms with Crippen LogP contribution in [-0.2, 0) is 14.8 Å². The van der Waals surface area contributed by atoms with Crippen molar-refractivity contribution in [3.05, 3.63) is 64.6 Å². The molecule has 1 aliphatic heterocycles. The summed E-state index contributed by atoms with van der Waals surface area (Å²) in [6.07, 6.45) is 0. The molecule has 5 nitrogen and oxygen atoms in total. The monoisotopic (exact) mass is 424 g/mol. The molecule has 1 fully saturated rings. The molecule has 0 saturated carbocycles. The van der Waals surface area contributed by atoms with Crippen LogP contribution in [0.15, 0.2) is 64.0 Å². The summed E-state index contributed by atoms with van der Waals surface area (Å²) in [4.78, 5) is 2.48. The minimum atomic E-state index is -3.62. The molecule has 25 heavy (non-hydrogen) atoms. The quantitative estimate of drug-likeness (QED) is 0.774. The molecule has 1 N–H and O–H groups in total. The minimum absolute atomic E-state index is 0.254. The van der Waals surface area contributed by atoms with Gasteiger partial charge >= 0.3 is 0 Å². The van der Waals surface area contributed by atoms with Crippen molar-refractivity contribution < 1.29 is 13.2 Å². The number of halogens is 1. The molecular weight excluding hydrogens is 404 g/mol. The molecule has 0 aliphatic carbocycles. The van der Waals surface area contributed by atoms with Crippen LogP contribution in [0.25, 0.3) is 0 Å². The lowest BCUT2D eigenvalue weighted by molar-refractivity contribution is 0.0345. The van der Waals surface area contributed by atoms with Crippen LogP contribution < -0.4 is 4.72 Å². The first-order valence-corrected chi connectivity index (χ1v) is 10.5. The minimum Gasteiger partial charge on any atom is -0.379 e. The lowest BCUT2D eigenvalue weighted by atomic mass is 10.1. The second-order valence-electron chi connectivity index (χ2n) is 5.95. The Balaban J connectivity index is 1.83. The molecule has 0 amide bonds. The maximum absolute atomic E-state index is 12.8. The molecule has 2 aromatic rings. The molecule has 1 aliphatic rings. The molecule has 1 heterocycles. The van der Waals surface area contributed by atoms with E-state index in [2.05, 4.69) is 25.6 Å². The number of benzene rings is 2. The largest absolute Gasteiger partial charge is 0.379 e. The Labute approximate surface area is 157 Å². The third-order valence-electron chi connectivity index (χ3n) is 4.15. The number of hydrogen-bond donors (Lipinski definition) is 1. The van der Waals surface area contributed by atoms with Gasteiger partial charge in [-0.05, 0) is 23.8 Å². The van der Waals surface area contributed by atoms with E-state index in [0.717, 1.165) is 23.1 Å². The third kappa shape index (κ3) is 5.12. The summed E-state index contributed by atoms with van der Waals surface area (Å²) in [5.41, 5.74) is 0.951. The van der Waals surface area contributed by atoms with E-state index in [1.165, 1.54) is 0 Å². The van der Waals surface area contributed by atoms with Gasteiger partial charge in [0.2, 0.25) is 10.0 Å². The first-order valence-electron chi connectivity index (χ1n) is 8.17. The summed E-state index contributed by atoms with van der Waals surface area (Å²) >= 11 is 3.33. The second kappa shape index (κ2) is 8.42. The highest BCUT2D eigenvalue weighted by atomic mass is 79.9. The molecule has 2 aromatic carbocycles. The van der Waals surface area contributed by atoms with Crippen molar-refractivity contribution in [3.8, 4) is 0 Å². The van der Waals surface area contributed by atoms with E-state index in [-0.39, 0.29) is 10.9 Å². The highest BCUT2D eigenvalue weighted by Crippen LogP contribution is 2.21. The normalized spacial score (nSPS) is 17.3. The zero-order valence-corrected chi connectivity index (χ0v) is 16.2. The van der Waals surface area contributed by atoms with Crippen LogP contribution >= 0.6 is 15.9 Å². The van der Waals surface area contributed by atoms with Crippen molar-refractivity contribution >= 4 is 26.0 Å². The van der Waals surface area contributed by atoms with Gasteiger partial charge in [0.25, 0.3) is 0 Å². The average molecular weight is 425 g/mol. The van der Waals surface area contributed by atoms with E-state index in [9.17, 15) is 8.42 Å². The molecule has 7 heteroatoms. The average Bonchev–Trinajstić information content (AvgIpc) is 2.63. The van der Waals surface area contributed by atoms with Gasteiger partial charge in [-0.25, -0.2) is 13.1 Å². The van der Waals surface area contributed by atoms with Gasteiger partial charge in [-0.2, -0.15) is 0 Å². The van der Waals surface area contributed by atoms with Crippen molar-refractivity contribution in [2.45, 2.75) is 10.9 Å². The van der Waals surface area contributed by atoms with Gasteiger partial charge in [0.15, 0.2) is 0 Å². The Hall–Kier alpha value is -1.25. The van der Waals surface area contributed by atoms with Gasteiger partial charge in [0.05, 0.1) is 24.2 Å². The van der Waals surface area contributed by atoms with Crippen LogP contribution in [-0.4, -0.2) is 46.2 Å². The van der Waals surface area contributed by atoms with Gasteiger partial charge in [-0.15, -0.1) is 0 Å². The van der Waals surface area contributed by atoms with E-state index in [1.807, 2.05) is 30.3 Å². The second-order valence-corrected chi connectivity index (χ2v) is 8.58. The molecule has 1 atom stereocenters. The fourth-order valence-electron chi connectivity index (χ4n) is 2.83. The van der Waals surface area contributed by atoms with E-state index in [0.29, 0.717) is 19.8 Å². The van der Waals surface area contributed by atoms with Crippen LogP contribution in [0, 0.1) is 0 Å². The smallest absolute Gasteiger partial charge is 0.241 e. The van der Waals surface area contributed by atoms with E-state index in [4.69, 9.17) is 4.74 Å². The number of morpholine rings is 1. The molecule has 0 spiro atoms. The maximum Gasteiger partial charge on any atom is 0.241 e. The van der Waals surface area contributed by atoms with E-state index in [1.54, 1.807) is 24.3 Å². The predicted octanol–water partition coefficient (Wildman–Crippen LogP) is 2.80. The number of hydrogen-bond acceptors (Lipinski definition) is 4.